The van der Waals surface area contributed by atoms with Crippen molar-refractivity contribution in [2.75, 3.05) is 10.6 Å². The van der Waals surface area contributed by atoms with Crippen molar-refractivity contribution in [3.63, 3.8) is 0 Å². The molecule has 0 aliphatic heterocycles. The van der Waals surface area contributed by atoms with Crippen LogP contribution in [0.4, 0.5) is 23.3 Å². The van der Waals surface area contributed by atoms with Gasteiger partial charge in [0.1, 0.15) is 0 Å². The van der Waals surface area contributed by atoms with E-state index < -0.39 is 0 Å². The average Bonchev–Trinajstić information content (AvgIpc) is 2.70. The molecule has 0 atom stereocenters. The summed E-state index contributed by atoms with van der Waals surface area (Å²) in [6, 6.07) is 29.6. The number of aromatic nitrogens is 3. The van der Waals surface area contributed by atoms with E-state index in [0.29, 0.717) is 11.9 Å². The molecule has 0 spiro atoms. The fourth-order valence-electron chi connectivity index (χ4n) is 2.70. The standard InChI is InChI=1S/C21H17N5S/c27-21-24-19(22-16-10-4-1-5-11-16)26(18-14-8-3-9-15-18)20(25-21)23-17-12-6-2-7-13-17/h1-15H,(H2,22,23,24,25,27). The molecule has 0 aliphatic carbocycles. The molecule has 0 unspecified atom stereocenters. The van der Waals surface area contributed by atoms with Crippen molar-refractivity contribution in [2.45, 2.75) is 0 Å². The van der Waals surface area contributed by atoms with Crippen molar-refractivity contribution in [1.82, 2.24) is 14.5 Å². The van der Waals surface area contributed by atoms with Gasteiger partial charge in [-0.1, -0.05) is 54.6 Å². The van der Waals surface area contributed by atoms with Crippen LogP contribution in [0.15, 0.2) is 91.0 Å². The van der Waals surface area contributed by atoms with Gasteiger partial charge in [0.15, 0.2) is 0 Å². The van der Waals surface area contributed by atoms with Crippen molar-refractivity contribution >= 4 is 35.5 Å². The number of hydrogen-bond donors (Lipinski definition) is 2. The predicted octanol–water partition coefficient (Wildman–Crippen LogP) is 5.48. The van der Waals surface area contributed by atoms with Crippen LogP contribution in [0.3, 0.4) is 0 Å². The maximum Gasteiger partial charge on any atom is 0.225 e. The first-order chi connectivity index (χ1) is 13.3. The minimum Gasteiger partial charge on any atom is -0.325 e. The molecule has 27 heavy (non-hydrogen) atoms. The summed E-state index contributed by atoms with van der Waals surface area (Å²) in [6.45, 7) is 0. The van der Waals surface area contributed by atoms with Gasteiger partial charge in [0, 0.05) is 11.4 Å². The molecule has 0 aliphatic rings. The Bertz CT molecular complexity index is 1010. The molecule has 0 bridgehead atoms. The van der Waals surface area contributed by atoms with E-state index in [9.17, 15) is 0 Å². The van der Waals surface area contributed by atoms with E-state index in [1.807, 2.05) is 95.6 Å². The molecule has 2 N–H and O–H groups in total. The Morgan fingerprint density at radius 1 is 0.593 bits per heavy atom. The molecule has 1 heterocycles. The SMILES string of the molecule is S=c1nc(Nc2ccccc2)n(-c2ccccc2)c(Nc2ccccc2)n1. The molecule has 3 aromatic carbocycles. The van der Waals surface area contributed by atoms with Gasteiger partial charge in [-0.25, -0.2) is 4.57 Å². The second kappa shape index (κ2) is 7.80. The highest BCUT2D eigenvalue weighted by Crippen LogP contribution is 2.24. The molecule has 0 amide bonds. The largest absolute Gasteiger partial charge is 0.325 e. The third kappa shape index (κ3) is 4.02. The van der Waals surface area contributed by atoms with E-state index in [1.54, 1.807) is 0 Å². The Balaban J connectivity index is 1.86. The topological polar surface area (TPSA) is 54.8 Å². The number of benzene rings is 3. The maximum atomic E-state index is 5.31. The lowest BCUT2D eigenvalue weighted by Gasteiger charge is -2.18. The van der Waals surface area contributed by atoms with E-state index in [1.165, 1.54) is 0 Å². The Hall–Kier alpha value is -3.51. The number of nitrogens with one attached hydrogen (secondary N) is 2. The van der Waals surface area contributed by atoms with E-state index in [4.69, 9.17) is 12.2 Å². The highest BCUT2D eigenvalue weighted by Gasteiger charge is 2.12. The fourth-order valence-corrected chi connectivity index (χ4v) is 2.87. The van der Waals surface area contributed by atoms with Crippen molar-refractivity contribution < 1.29 is 0 Å². The van der Waals surface area contributed by atoms with Crippen LogP contribution in [0.25, 0.3) is 5.69 Å². The van der Waals surface area contributed by atoms with Crippen LogP contribution in [0.1, 0.15) is 0 Å². The number of nitrogens with zero attached hydrogens (tertiary/aromatic N) is 3. The monoisotopic (exact) mass is 371 g/mol. The van der Waals surface area contributed by atoms with Crippen LogP contribution in [0.2, 0.25) is 0 Å². The summed E-state index contributed by atoms with van der Waals surface area (Å²) >= 11 is 5.31. The summed E-state index contributed by atoms with van der Waals surface area (Å²) in [7, 11) is 0. The molecular weight excluding hydrogens is 354 g/mol. The lowest BCUT2D eigenvalue weighted by Crippen LogP contribution is -2.13. The van der Waals surface area contributed by atoms with Crippen molar-refractivity contribution in [1.29, 1.82) is 0 Å². The summed E-state index contributed by atoms with van der Waals surface area (Å²) in [4.78, 5) is 8.93. The first-order valence-electron chi connectivity index (χ1n) is 8.50. The highest BCUT2D eigenvalue weighted by atomic mass is 32.1. The van der Waals surface area contributed by atoms with E-state index in [0.717, 1.165) is 17.1 Å². The van der Waals surface area contributed by atoms with Crippen LogP contribution in [0, 0.1) is 4.77 Å². The minimum absolute atomic E-state index is 0.263. The molecule has 1 aromatic heterocycles. The normalized spacial score (nSPS) is 10.4. The molecular formula is C21H17N5S. The average molecular weight is 371 g/mol. The number of hydrogen-bond acceptors (Lipinski definition) is 5. The molecule has 4 aromatic rings. The van der Waals surface area contributed by atoms with Crippen molar-refractivity contribution in [3.05, 3.63) is 95.8 Å². The molecule has 6 heteroatoms. The van der Waals surface area contributed by atoms with Gasteiger partial charge in [0.25, 0.3) is 0 Å². The van der Waals surface area contributed by atoms with Gasteiger partial charge in [-0.3, -0.25) is 0 Å². The summed E-state index contributed by atoms with van der Waals surface area (Å²) in [5.41, 5.74) is 2.76. The number of para-hydroxylation sites is 3. The molecule has 0 saturated heterocycles. The quantitative estimate of drug-likeness (QED) is 0.455. The predicted molar refractivity (Wildman–Crippen MR) is 112 cm³/mol. The van der Waals surface area contributed by atoms with Gasteiger partial charge < -0.3 is 10.6 Å². The lowest BCUT2D eigenvalue weighted by atomic mass is 10.3. The second-order valence-corrected chi connectivity index (χ2v) is 6.17. The van der Waals surface area contributed by atoms with Gasteiger partial charge in [-0.2, -0.15) is 9.97 Å². The zero-order chi connectivity index (χ0) is 18.5. The summed E-state index contributed by atoms with van der Waals surface area (Å²) < 4.78 is 2.18. The molecule has 5 nitrogen and oxygen atoms in total. The Morgan fingerprint density at radius 2 is 1.00 bits per heavy atom. The summed E-state index contributed by atoms with van der Waals surface area (Å²) in [5, 5.41) is 6.69. The lowest BCUT2D eigenvalue weighted by molar-refractivity contribution is 0.926. The summed E-state index contributed by atoms with van der Waals surface area (Å²) in [5.74, 6) is 1.18. The van der Waals surface area contributed by atoms with Crippen LogP contribution >= 0.6 is 12.2 Å². The van der Waals surface area contributed by atoms with E-state index >= 15 is 0 Å². The maximum absolute atomic E-state index is 5.31. The molecule has 0 radical (unpaired) electrons. The third-order valence-electron chi connectivity index (χ3n) is 3.90. The second-order valence-electron chi connectivity index (χ2n) is 5.81. The third-order valence-corrected chi connectivity index (χ3v) is 4.08. The Labute approximate surface area is 162 Å². The smallest absolute Gasteiger partial charge is 0.225 e. The summed E-state index contributed by atoms with van der Waals surface area (Å²) in [6.07, 6.45) is 0. The molecule has 0 saturated carbocycles. The van der Waals surface area contributed by atoms with Crippen molar-refractivity contribution in [3.8, 4) is 5.69 Å². The van der Waals surface area contributed by atoms with Gasteiger partial charge in [0.2, 0.25) is 16.7 Å². The fraction of sp³-hybridized carbons (Fsp3) is 0. The van der Waals surface area contributed by atoms with Crippen molar-refractivity contribution in [2.24, 2.45) is 0 Å². The molecule has 4 rings (SSSR count). The van der Waals surface area contributed by atoms with Crippen LogP contribution in [0.5, 0.6) is 0 Å². The van der Waals surface area contributed by atoms with Crippen LogP contribution in [-0.2, 0) is 0 Å². The zero-order valence-electron chi connectivity index (χ0n) is 14.4. The van der Waals surface area contributed by atoms with E-state index in [-0.39, 0.29) is 4.77 Å². The minimum atomic E-state index is 0.263. The number of anilines is 4. The molecule has 0 fully saturated rings. The van der Waals surface area contributed by atoms with Gasteiger partial charge in [-0.05, 0) is 48.6 Å². The first-order valence-corrected chi connectivity index (χ1v) is 8.91. The Morgan fingerprint density at radius 3 is 1.44 bits per heavy atom. The van der Waals surface area contributed by atoms with Crippen LogP contribution in [-0.4, -0.2) is 14.5 Å². The van der Waals surface area contributed by atoms with Gasteiger partial charge in [0.05, 0.1) is 5.69 Å². The van der Waals surface area contributed by atoms with E-state index in [2.05, 4.69) is 20.6 Å². The first kappa shape index (κ1) is 16.9. The zero-order valence-corrected chi connectivity index (χ0v) is 15.2. The van der Waals surface area contributed by atoms with Crippen LogP contribution < -0.4 is 10.6 Å². The van der Waals surface area contributed by atoms with Gasteiger partial charge >= 0.3 is 0 Å². The van der Waals surface area contributed by atoms with Gasteiger partial charge in [-0.15, -0.1) is 0 Å². The number of rotatable bonds is 5. The molecule has 132 valence electrons. The highest BCUT2D eigenvalue weighted by molar-refractivity contribution is 7.71. The Kier molecular flexibility index (Phi) is 4.89.